The molecule has 2 heterocycles. The number of rotatable bonds is 4. The van der Waals surface area contributed by atoms with Gasteiger partial charge in [0.2, 0.25) is 0 Å². The van der Waals surface area contributed by atoms with E-state index in [4.69, 9.17) is 4.74 Å². The van der Waals surface area contributed by atoms with Crippen LogP contribution in [0.3, 0.4) is 0 Å². The minimum atomic E-state index is 0.109. The molecule has 120 valence electrons. The normalized spacial score (nSPS) is 16.6. The number of nitrogens with zero attached hydrogens (tertiary/aromatic N) is 1. The van der Waals surface area contributed by atoms with Gasteiger partial charge in [-0.2, -0.15) is 11.3 Å². The van der Waals surface area contributed by atoms with Gasteiger partial charge in [0, 0.05) is 10.9 Å². The largest absolute Gasteiger partial charge is 0.497 e. The molecule has 1 aliphatic rings. The van der Waals surface area contributed by atoms with Gasteiger partial charge in [0.15, 0.2) is 0 Å². The Morgan fingerprint density at radius 3 is 2.67 bits per heavy atom. The first kappa shape index (κ1) is 14.8. The highest BCUT2D eigenvalue weighted by Crippen LogP contribution is 2.36. The SMILES string of the molecule is COc1cccc(C2C=C(c3ccsc3)NN2c2ccccc2)c1. The number of hydrazine groups is 1. The minimum Gasteiger partial charge on any atom is -0.497 e. The predicted molar refractivity (Wildman–Crippen MR) is 100 cm³/mol. The van der Waals surface area contributed by atoms with Crippen LogP contribution in [0.4, 0.5) is 5.69 Å². The van der Waals surface area contributed by atoms with E-state index in [1.807, 2.05) is 18.2 Å². The molecule has 1 atom stereocenters. The van der Waals surface area contributed by atoms with E-state index in [0.717, 1.165) is 17.1 Å². The van der Waals surface area contributed by atoms with Crippen molar-refractivity contribution in [1.29, 1.82) is 0 Å². The topological polar surface area (TPSA) is 24.5 Å². The van der Waals surface area contributed by atoms with Crippen LogP contribution in [0.2, 0.25) is 0 Å². The maximum absolute atomic E-state index is 5.40. The van der Waals surface area contributed by atoms with E-state index in [0.29, 0.717) is 0 Å². The zero-order valence-corrected chi connectivity index (χ0v) is 14.2. The molecule has 1 unspecified atom stereocenters. The standard InChI is InChI=1S/C20H18N2OS/c1-23-18-9-5-6-15(12-18)20-13-19(16-10-11-24-14-16)21-22(20)17-7-3-2-4-8-17/h2-14,20-21H,1H3. The van der Waals surface area contributed by atoms with Gasteiger partial charge in [-0.3, -0.25) is 10.4 Å². The predicted octanol–water partition coefficient (Wildman–Crippen LogP) is 4.86. The quantitative estimate of drug-likeness (QED) is 0.737. The number of para-hydroxylation sites is 1. The summed E-state index contributed by atoms with van der Waals surface area (Å²) in [4.78, 5) is 0. The second-order valence-electron chi connectivity index (χ2n) is 5.63. The monoisotopic (exact) mass is 334 g/mol. The van der Waals surface area contributed by atoms with E-state index in [-0.39, 0.29) is 6.04 Å². The number of nitrogens with one attached hydrogen (secondary N) is 1. The lowest BCUT2D eigenvalue weighted by molar-refractivity contribution is 0.414. The maximum Gasteiger partial charge on any atom is 0.119 e. The molecule has 1 N–H and O–H groups in total. The van der Waals surface area contributed by atoms with Gasteiger partial charge in [0.25, 0.3) is 0 Å². The van der Waals surface area contributed by atoms with Crippen molar-refractivity contribution in [1.82, 2.24) is 5.43 Å². The molecule has 0 radical (unpaired) electrons. The molecular formula is C20H18N2OS. The zero-order chi connectivity index (χ0) is 16.4. The fourth-order valence-corrected chi connectivity index (χ4v) is 3.59. The van der Waals surface area contributed by atoms with Gasteiger partial charge in [-0.25, -0.2) is 0 Å². The zero-order valence-electron chi connectivity index (χ0n) is 13.3. The van der Waals surface area contributed by atoms with Crippen LogP contribution < -0.4 is 15.2 Å². The third-order valence-corrected chi connectivity index (χ3v) is 4.83. The molecule has 3 aromatic rings. The van der Waals surface area contributed by atoms with Crippen LogP contribution in [0, 0.1) is 0 Å². The Balaban J connectivity index is 1.76. The van der Waals surface area contributed by atoms with E-state index >= 15 is 0 Å². The van der Waals surface area contributed by atoms with Gasteiger partial charge in [0.1, 0.15) is 5.75 Å². The third kappa shape index (κ3) is 2.76. The molecule has 4 heteroatoms. The summed E-state index contributed by atoms with van der Waals surface area (Å²) in [6, 6.07) is 20.9. The number of ether oxygens (including phenoxy) is 1. The molecule has 0 spiro atoms. The second kappa shape index (κ2) is 6.42. The van der Waals surface area contributed by atoms with E-state index in [1.165, 1.54) is 11.1 Å². The fraction of sp³-hybridized carbons (Fsp3) is 0.100. The summed E-state index contributed by atoms with van der Waals surface area (Å²) in [5.74, 6) is 0.873. The van der Waals surface area contributed by atoms with Gasteiger partial charge in [0.05, 0.1) is 24.5 Å². The molecule has 0 fully saturated rings. The lowest BCUT2D eigenvalue weighted by Gasteiger charge is -2.27. The lowest BCUT2D eigenvalue weighted by Crippen LogP contribution is -2.33. The van der Waals surface area contributed by atoms with Gasteiger partial charge in [-0.05, 0) is 47.4 Å². The Morgan fingerprint density at radius 2 is 1.92 bits per heavy atom. The first-order chi connectivity index (χ1) is 11.8. The van der Waals surface area contributed by atoms with Crippen molar-refractivity contribution >= 4 is 22.7 Å². The van der Waals surface area contributed by atoms with E-state index in [9.17, 15) is 0 Å². The molecule has 1 aromatic heterocycles. The summed E-state index contributed by atoms with van der Waals surface area (Å²) in [5, 5.41) is 6.46. The molecule has 0 saturated carbocycles. The molecule has 1 aliphatic heterocycles. The number of hydrogen-bond acceptors (Lipinski definition) is 4. The Morgan fingerprint density at radius 1 is 1.04 bits per heavy atom. The van der Waals surface area contributed by atoms with Crippen molar-refractivity contribution in [3.63, 3.8) is 0 Å². The van der Waals surface area contributed by atoms with Crippen LogP contribution in [-0.4, -0.2) is 7.11 Å². The molecule has 3 nitrogen and oxygen atoms in total. The Labute approximate surface area is 145 Å². The number of benzene rings is 2. The van der Waals surface area contributed by atoms with Crippen LogP contribution >= 0.6 is 11.3 Å². The molecule has 4 rings (SSSR count). The van der Waals surface area contributed by atoms with Crippen LogP contribution in [0.25, 0.3) is 5.70 Å². The number of thiophene rings is 1. The van der Waals surface area contributed by atoms with Crippen LogP contribution in [0.15, 0.2) is 77.5 Å². The van der Waals surface area contributed by atoms with Gasteiger partial charge >= 0.3 is 0 Å². The van der Waals surface area contributed by atoms with E-state index < -0.39 is 0 Å². The van der Waals surface area contributed by atoms with Gasteiger partial charge in [-0.1, -0.05) is 30.3 Å². The number of hydrogen-bond donors (Lipinski definition) is 1. The van der Waals surface area contributed by atoms with Crippen molar-refractivity contribution in [3.05, 3.63) is 88.6 Å². The molecule has 24 heavy (non-hydrogen) atoms. The van der Waals surface area contributed by atoms with E-state index in [2.05, 4.69) is 69.7 Å². The minimum absolute atomic E-state index is 0.109. The van der Waals surface area contributed by atoms with Gasteiger partial charge in [-0.15, -0.1) is 0 Å². The van der Waals surface area contributed by atoms with Crippen LogP contribution in [0.1, 0.15) is 17.2 Å². The molecule has 0 aliphatic carbocycles. The summed E-state index contributed by atoms with van der Waals surface area (Å²) in [7, 11) is 1.70. The Hall–Kier alpha value is -2.72. The number of methoxy groups -OCH3 is 1. The fourth-order valence-electron chi connectivity index (χ4n) is 2.93. The Kier molecular flexibility index (Phi) is 3.97. The average Bonchev–Trinajstić information content (AvgIpc) is 3.32. The van der Waals surface area contributed by atoms with Crippen molar-refractivity contribution in [2.75, 3.05) is 12.1 Å². The highest BCUT2D eigenvalue weighted by molar-refractivity contribution is 7.08. The first-order valence-electron chi connectivity index (χ1n) is 7.84. The Bertz CT molecular complexity index is 843. The molecule has 0 saturated heterocycles. The first-order valence-corrected chi connectivity index (χ1v) is 8.79. The highest BCUT2D eigenvalue weighted by atomic mass is 32.1. The van der Waals surface area contributed by atoms with Crippen molar-refractivity contribution < 1.29 is 4.74 Å². The summed E-state index contributed by atoms with van der Waals surface area (Å²) in [5.41, 5.74) is 8.22. The second-order valence-corrected chi connectivity index (χ2v) is 6.41. The van der Waals surface area contributed by atoms with Gasteiger partial charge < -0.3 is 4.74 Å². The smallest absolute Gasteiger partial charge is 0.119 e. The third-order valence-electron chi connectivity index (χ3n) is 4.15. The van der Waals surface area contributed by atoms with Crippen molar-refractivity contribution in [2.45, 2.75) is 6.04 Å². The molecule has 0 bridgehead atoms. The van der Waals surface area contributed by atoms with Crippen molar-refractivity contribution in [2.24, 2.45) is 0 Å². The van der Waals surface area contributed by atoms with E-state index in [1.54, 1.807) is 18.4 Å². The molecule has 2 aromatic carbocycles. The average molecular weight is 334 g/mol. The summed E-state index contributed by atoms with van der Waals surface area (Å²) >= 11 is 1.71. The van der Waals surface area contributed by atoms with Crippen LogP contribution in [0.5, 0.6) is 5.75 Å². The lowest BCUT2D eigenvalue weighted by atomic mass is 10.0. The molecular weight excluding hydrogens is 316 g/mol. The summed E-state index contributed by atoms with van der Waals surface area (Å²) < 4.78 is 5.40. The van der Waals surface area contributed by atoms with Crippen molar-refractivity contribution in [3.8, 4) is 5.75 Å². The van der Waals surface area contributed by atoms with Crippen LogP contribution in [-0.2, 0) is 0 Å². The highest BCUT2D eigenvalue weighted by Gasteiger charge is 2.27. The molecule has 0 amide bonds. The number of anilines is 1. The summed E-state index contributed by atoms with van der Waals surface area (Å²) in [6.07, 6.45) is 2.27. The summed E-state index contributed by atoms with van der Waals surface area (Å²) in [6.45, 7) is 0. The maximum atomic E-state index is 5.40.